The van der Waals surface area contributed by atoms with E-state index in [-0.39, 0.29) is 17.7 Å². The average Bonchev–Trinajstić information content (AvgIpc) is 3.21. The standard InChI is InChI=1S/C16H21N3O2.C2H2O4/c1-3-13-6-5-11(7-17-13)15(20)19-9-12-8-18(4-2)16(21)14(12)10-19;3-1(4)2(5)6/h5-7,12,14H,3-4,8-10H2,1-2H3;(H,3,4)(H,5,6)/t12-,14+;/m1./s1. The number of aromatic nitrogens is 1. The molecule has 0 spiro atoms. The number of carbonyl (C=O) groups excluding carboxylic acids is 2. The van der Waals surface area contributed by atoms with E-state index in [1.54, 1.807) is 6.20 Å². The molecule has 0 aromatic carbocycles. The summed E-state index contributed by atoms with van der Waals surface area (Å²) in [7, 11) is 0. The topological polar surface area (TPSA) is 128 Å². The summed E-state index contributed by atoms with van der Waals surface area (Å²) in [5.74, 6) is -3.15. The van der Waals surface area contributed by atoms with Crippen molar-refractivity contribution in [3.63, 3.8) is 0 Å². The highest BCUT2D eigenvalue weighted by atomic mass is 16.4. The number of carbonyl (C=O) groups is 4. The summed E-state index contributed by atoms with van der Waals surface area (Å²) in [6, 6.07) is 3.73. The molecule has 9 heteroatoms. The van der Waals surface area contributed by atoms with E-state index in [1.165, 1.54) is 0 Å². The van der Waals surface area contributed by atoms with Gasteiger partial charge in [-0.3, -0.25) is 14.6 Å². The van der Waals surface area contributed by atoms with Gasteiger partial charge in [0.15, 0.2) is 0 Å². The lowest BCUT2D eigenvalue weighted by molar-refractivity contribution is -0.159. The Morgan fingerprint density at radius 1 is 1.11 bits per heavy atom. The number of nitrogens with zero attached hydrogens (tertiary/aromatic N) is 3. The summed E-state index contributed by atoms with van der Waals surface area (Å²) in [5, 5.41) is 14.8. The van der Waals surface area contributed by atoms with Gasteiger partial charge in [-0.2, -0.15) is 0 Å². The molecule has 2 atom stereocenters. The Morgan fingerprint density at radius 3 is 2.22 bits per heavy atom. The van der Waals surface area contributed by atoms with Crippen molar-refractivity contribution in [3.8, 4) is 0 Å². The number of hydrogen-bond acceptors (Lipinski definition) is 5. The fraction of sp³-hybridized carbons (Fsp3) is 0.500. The molecule has 0 unspecified atom stereocenters. The zero-order valence-corrected chi connectivity index (χ0v) is 15.3. The molecule has 0 radical (unpaired) electrons. The lowest BCUT2D eigenvalue weighted by Gasteiger charge is -2.20. The molecule has 2 amide bonds. The van der Waals surface area contributed by atoms with Gasteiger partial charge in [-0.15, -0.1) is 0 Å². The highest BCUT2D eigenvalue weighted by Crippen LogP contribution is 2.32. The van der Waals surface area contributed by atoms with E-state index < -0.39 is 11.9 Å². The Hall–Kier alpha value is -2.97. The third-order valence-corrected chi connectivity index (χ3v) is 4.81. The minimum Gasteiger partial charge on any atom is -0.473 e. The van der Waals surface area contributed by atoms with Crippen LogP contribution in [0.25, 0.3) is 0 Å². The van der Waals surface area contributed by atoms with Gasteiger partial charge in [-0.05, 0) is 25.5 Å². The minimum atomic E-state index is -1.82. The lowest BCUT2D eigenvalue weighted by atomic mass is 10.0. The van der Waals surface area contributed by atoms with Gasteiger partial charge >= 0.3 is 11.9 Å². The van der Waals surface area contributed by atoms with Crippen molar-refractivity contribution in [1.29, 1.82) is 0 Å². The Kier molecular flexibility index (Phi) is 6.49. The Morgan fingerprint density at radius 2 is 1.78 bits per heavy atom. The molecule has 0 bridgehead atoms. The fourth-order valence-corrected chi connectivity index (χ4v) is 3.34. The molecule has 2 fully saturated rings. The first-order chi connectivity index (χ1) is 12.8. The van der Waals surface area contributed by atoms with E-state index in [2.05, 4.69) is 4.98 Å². The predicted octanol–water partition coefficient (Wildman–Crippen LogP) is 0.350. The summed E-state index contributed by atoms with van der Waals surface area (Å²) in [5.41, 5.74) is 1.60. The van der Waals surface area contributed by atoms with Crippen molar-refractivity contribution in [3.05, 3.63) is 29.6 Å². The summed E-state index contributed by atoms with van der Waals surface area (Å²) < 4.78 is 0. The highest BCUT2D eigenvalue weighted by Gasteiger charge is 2.46. The summed E-state index contributed by atoms with van der Waals surface area (Å²) in [6.07, 6.45) is 2.51. The van der Waals surface area contributed by atoms with Gasteiger partial charge in [-0.25, -0.2) is 9.59 Å². The molecule has 9 nitrogen and oxygen atoms in total. The predicted molar refractivity (Wildman–Crippen MR) is 94.0 cm³/mol. The molecule has 2 aliphatic rings. The van der Waals surface area contributed by atoms with Crippen LogP contribution >= 0.6 is 0 Å². The first kappa shape index (κ1) is 20.3. The molecule has 0 aliphatic carbocycles. The van der Waals surface area contributed by atoms with E-state index in [0.29, 0.717) is 24.6 Å². The second-order valence-electron chi connectivity index (χ2n) is 6.46. The molecule has 1 aromatic heterocycles. The smallest absolute Gasteiger partial charge is 0.414 e. The zero-order valence-electron chi connectivity index (χ0n) is 15.3. The van der Waals surface area contributed by atoms with Crippen molar-refractivity contribution < 1.29 is 29.4 Å². The summed E-state index contributed by atoms with van der Waals surface area (Å²) >= 11 is 0. The second-order valence-corrected chi connectivity index (χ2v) is 6.46. The molecule has 1 aromatic rings. The van der Waals surface area contributed by atoms with Crippen LogP contribution in [0.5, 0.6) is 0 Å². The Bertz CT molecular complexity index is 721. The summed E-state index contributed by atoms with van der Waals surface area (Å²) in [4.78, 5) is 50.9. The van der Waals surface area contributed by atoms with E-state index in [4.69, 9.17) is 19.8 Å². The normalized spacial score (nSPS) is 20.7. The number of aliphatic carboxylic acids is 2. The van der Waals surface area contributed by atoms with Crippen molar-refractivity contribution in [2.75, 3.05) is 26.2 Å². The number of rotatable bonds is 3. The van der Waals surface area contributed by atoms with E-state index >= 15 is 0 Å². The number of fused-ring (bicyclic) bond motifs is 1. The molecular formula is C18H23N3O6. The Labute approximate surface area is 156 Å². The maximum Gasteiger partial charge on any atom is 0.414 e. The summed E-state index contributed by atoms with van der Waals surface area (Å²) in [6.45, 7) is 6.83. The van der Waals surface area contributed by atoms with Crippen molar-refractivity contribution in [2.24, 2.45) is 11.8 Å². The van der Waals surface area contributed by atoms with Crippen LogP contribution in [0.4, 0.5) is 0 Å². The fourth-order valence-electron chi connectivity index (χ4n) is 3.34. The zero-order chi connectivity index (χ0) is 20.1. The first-order valence-corrected chi connectivity index (χ1v) is 8.77. The molecule has 2 aliphatic heterocycles. The van der Waals surface area contributed by atoms with Gasteiger partial charge in [0.05, 0.1) is 11.5 Å². The number of hydrogen-bond donors (Lipinski definition) is 2. The maximum absolute atomic E-state index is 12.5. The van der Waals surface area contributed by atoms with E-state index in [0.717, 1.165) is 25.2 Å². The number of carboxylic acids is 2. The van der Waals surface area contributed by atoms with E-state index in [9.17, 15) is 9.59 Å². The monoisotopic (exact) mass is 377 g/mol. The second kappa shape index (κ2) is 8.61. The quantitative estimate of drug-likeness (QED) is 0.727. The van der Waals surface area contributed by atoms with Gasteiger partial charge < -0.3 is 20.0 Å². The Balaban J connectivity index is 0.000000380. The van der Waals surface area contributed by atoms with Crippen LogP contribution in [0.2, 0.25) is 0 Å². The number of aryl methyl sites for hydroxylation is 1. The van der Waals surface area contributed by atoms with Gasteiger partial charge in [0.1, 0.15) is 0 Å². The largest absolute Gasteiger partial charge is 0.473 e. The van der Waals surface area contributed by atoms with Crippen LogP contribution in [0.1, 0.15) is 29.9 Å². The molecule has 146 valence electrons. The molecule has 2 saturated heterocycles. The SMILES string of the molecule is CCc1ccc(C(=O)N2C[C@H]3CN(CC)C(=O)[C@H]3C2)cn1.O=C(O)C(=O)O. The first-order valence-electron chi connectivity index (χ1n) is 8.77. The molecule has 2 N–H and O–H groups in total. The molecule has 0 saturated carbocycles. The third-order valence-electron chi connectivity index (χ3n) is 4.81. The van der Waals surface area contributed by atoms with Gasteiger partial charge in [0.2, 0.25) is 5.91 Å². The third kappa shape index (κ3) is 4.60. The van der Waals surface area contributed by atoms with Gasteiger partial charge in [0, 0.05) is 44.0 Å². The highest BCUT2D eigenvalue weighted by molar-refractivity contribution is 6.27. The minimum absolute atomic E-state index is 0.00299. The van der Waals surface area contributed by atoms with Gasteiger partial charge in [0.25, 0.3) is 5.91 Å². The maximum atomic E-state index is 12.5. The number of carboxylic acid groups (broad SMARTS) is 2. The van der Waals surface area contributed by atoms with Crippen LogP contribution < -0.4 is 0 Å². The van der Waals surface area contributed by atoms with Crippen molar-refractivity contribution >= 4 is 23.8 Å². The average molecular weight is 377 g/mol. The number of pyridine rings is 1. The van der Waals surface area contributed by atoms with Crippen molar-refractivity contribution in [1.82, 2.24) is 14.8 Å². The van der Waals surface area contributed by atoms with Crippen LogP contribution in [0, 0.1) is 11.8 Å². The van der Waals surface area contributed by atoms with Crippen molar-refractivity contribution in [2.45, 2.75) is 20.3 Å². The molecular weight excluding hydrogens is 354 g/mol. The van der Waals surface area contributed by atoms with Crippen LogP contribution in [-0.2, 0) is 20.8 Å². The number of amides is 2. The molecule has 3 rings (SSSR count). The van der Waals surface area contributed by atoms with Crippen LogP contribution in [0.3, 0.4) is 0 Å². The van der Waals surface area contributed by atoms with Gasteiger partial charge in [-0.1, -0.05) is 6.92 Å². The lowest BCUT2D eigenvalue weighted by Crippen LogP contribution is -2.35. The van der Waals surface area contributed by atoms with Crippen LogP contribution in [-0.4, -0.2) is 74.9 Å². The van der Waals surface area contributed by atoms with E-state index in [1.807, 2.05) is 35.8 Å². The molecule has 3 heterocycles. The number of likely N-dealkylation sites (tertiary alicyclic amines) is 2. The molecule has 27 heavy (non-hydrogen) atoms. The van der Waals surface area contributed by atoms with Crippen LogP contribution in [0.15, 0.2) is 18.3 Å².